The highest BCUT2D eigenvalue weighted by Gasteiger charge is 2.27. The summed E-state index contributed by atoms with van der Waals surface area (Å²) in [5, 5.41) is 13.9. The van der Waals surface area contributed by atoms with Gasteiger partial charge in [-0.05, 0) is 11.7 Å². The summed E-state index contributed by atoms with van der Waals surface area (Å²) in [5.74, 6) is 0.0257. The van der Waals surface area contributed by atoms with Gasteiger partial charge in [-0.2, -0.15) is 0 Å². The number of nitrogens with two attached hydrogens (primary N) is 1. The Bertz CT molecular complexity index is 309. The van der Waals surface area contributed by atoms with Gasteiger partial charge in [0.25, 0.3) is 0 Å². The predicted octanol–water partition coefficient (Wildman–Crippen LogP) is 0.0926. The molecule has 0 aromatic carbocycles. The van der Waals surface area contributed by atoms with Crippen LogP contribution in [0.1, 0.15) is 5.76 Å². The van der Waals surface area contributed by atoms with Crippen molar-refractivity contribution in [3.63, 3.8) is 0 Å². The number of hydrogen-bond donors (Lipinski definition) is 1. The van der Waals surface area contributed by atoms with Gasteiger partial charge in [-0.15, -0.1) is 0 Å². The molecule has 1 rings (SSSR count). The van der Waals surface area contributed by atoms with Crippen LogP contribution in [0.5, 0.6) is 5.88 Å². The molecule has 1 heterocycles. The molecule has 2 N–H and O–H groups in total. The van der Waals surface area contributed by atoms with Gasteiger partial charge in [0.15, 0.2) is 0 Å². The first kappa shape index (κ1) is 9.46. The Kier molecular flexibility index (Phi) is 2.80. The Morgan fingerprint density at radius 3 is 2.92 bits per heavy atom. The molecule has 7 nitrogen and oxygen atoms in total. The first-order chi connectivity index (χ1) is 6.20. The van der Waals surface area contributed by atoms with Crippen molar-refractivity contribution in [3.8, 4) is 5.88 Å². The maximum Gasteiger partial charge on any atom is 0.374 e. The fourth-order valence-electron chi connectivity index (χ4n) is 0.911. The average molecular weight is 187 g/mol. The molecule has 7 heteroatoms. The number of nitro groups is 1. The lowest BCUT2D eigenvalue weighted by atomic mass is 10.3. The van der Waals surface area contributed by atoms with E-state index in [9.17, 15) is 10.1 Å². The van der Waals surface area contributed by atoms with Crippen LogP contribution in [0.25, 0.3) is 0 Å². The second kappa shape index (κ2) is 3.85. The molecule has 0 atom stereocenters. The average Bonchev–Trinajstić information content (AvgIpc) is 2.48. The lowest BCUT2D eigenvalue weighted by molar-refractivity contribution is -0.386. The van der Waals surface area contributed by atoms with Crippen molar-refractivity contribution in [1.29, 1.82) is 0 Å². The van der Waals surface area contributed by atoms with Crippen molar-refractivity contribution in [3.05, 3.63) is 15.9 Å². The quantitative estimate of drug-likeness (QED) is 0.529. The second-order valence-electron chi connectivity index (χ2n) is 2.26. The Labute approximate surface area is 73.6 Å². The zero-order valence-corrected chi connectivity index (χ0v) is 7.02. The van der Waals surface area contributed by atoms with Crippen molar-refractivity contribution < 1.29 is 14.2 Å². The Hall–Kier alpha value is -1.63. The van der Waals surface area contributed by atoms with Crippen LogP contribution in [-0.2, 0) is 6.42 Å². The van der Waals surface area contributed by atoms with Gasteiger partial charge in [-0.3, -0.25) is 10.1 Å². The minimum Gasteiger partial charge on any atom is -0.474 e. The molecule has 0 bridgehead atoms. The third-order valence-electron chi connectivity index (χ3n) is 1.45. The summed E-state index contributed by atoms with van der Waals surface area (Å²) in [4.78, 5) is 9.93. The molecule has 0 fully saturated rings. The van der Waals surface area contributed by atoms with Gasteiger partial charge in [0, 0.05) is 6.42 Å². The van der Waals surface area contributed by atoms with Gasteiger partial charge in [-0.25, -0.2) is 0 Å². The predicted molar refractivity (Wildman–Crippen MR) is 42.5 cm³/mol. The molecule has 0 spiro atoms. The van der Waals surface area contributed by atoms with Crippen LogP contribution in [-0.4, -0.2) is 23.7 Å². The molecular formula is C6H9N3O4. The highest BCUT2D eigenvalue weighted by Crippen LogP contribution is 2.29. The van der Waals surface area contributed by atoms with E-state index in [1.165, 1.54) is 7.11 Å². The Balaban J connectivity index is 3.06. The summed E-state index contributed by atoms with van der Waals surface area (Å²) in [6.45, 7) is 0.263. The zero-order valence-electron chi connectivity index (χ0n) is 7.02. The molecule has 0 aliphatic rings. The topological polar surface area (TPSA) is 104 Å². The van der Waals surface area contributed by atoms with Crippen LogP contribution in [0, 0.1) is 10.1 Å². The van der Waals surface area contributed by atoms with Crippen LogP contribution in [0.15, 0.2) is 4.52 Å². The fourth-order valence-corrected chi connectivity index (χ4v) is 0.911. The van der Waals surface area contributed by atoms with Crippen LogP contribution in [0.2, 0.25) is 0 Å². The fraction of sp³-hybridized carbons (Fsp3) is 0.500. The first-order valence-electron chi connectivity index (χ1n) is 3.57. The second-order valence-corrected chi connectivity index (χ2v) is 2.26. The van der Waals surface area contributed by atoms with E-state index < -0.39 is 4.92 Å². The van der Waals surface area contributed by atoms with Crippen LogP contribution in [0.4, 0.5) is 5.69 Å². The summed E-state index contributed by atoms with van der Waals surface area (Å²) in [7, 11) is 1.29. The van der Waals surface area contributed by atoms with E-state index in [0.717, 1.165) is 0 Å². The third kappa shape index (κ3) is 1.75. The van der Waals surface area contributed by atoms with Crippen molar-refractivity contribution in [1.82, 2.24) is 5.16 Å². The normalized spacial score (nSPS) is 10.0. The van der Waals surface area contributed by atoms with Crippen molar-refractivity contribution in [2.24, 2.45) is 5.73 Å². The Morgan fingerprint density at radius 2 is 2.46 bits per heavy atom. The van der Waals surface area contributed by atoms with Gasteiger partial charge in [0.2, 0.25) is 5.76 Å². The number of nitrogens with zero attached hydrogens (tertiary/aromatic N) is 2. The highest BCUT2D eigenvalue weighted by atomic mass is 16.6. The molecule has 0 aliphatic carbocycles. The molecule has 0 aliphatic heterocycles. The first-order valence-corrected chi connectivity index (χ1v) is 3.57. The Morgan fingerprint density at radius 1 is 1.77 bits per heavy atom. The van der Waals surface area contributed by atoms with E-state index in [0.29, 0.717) is 0 Å². The van der Waals surface area contributed by atoms with Gasteiger partial charge < -0.3 is 15.0 Å². The van der Waals surface area contributed by atoms with Crippen LogP contribution in [0.3, 0.4) is 0 Å². The van der Waals surface area contributed by atoms with Crippen LogP contribution < -0.4 is 10.5 Å². The molecule has 72 valence electrons. The van der Waals surface area contributed by atoms with E-state index in [1.807, 2.05) is 0 Å². The van der Waals surface area contributed by atoms with Gasteiger partial charge in [-0.1, -0.05) is 0 Å². The van der Waals surface area contributed by atoms with Crippen molar-refractivity contribution >= 4 is 5.69 Å². The molecule has 13 heavy (non-hydrogen) atoms. The summed E-state index contributed by atoms with van der Waals surface area (Å²) < 4.78 is 9.34. The van der Waals surface area contributed by atoms with Gasteiger partial charge in [0.1, 0.15) is 0 Å². The molecule has 1 aromatic heterocycles. The van der Waals surface area contributed by atoms with E-state index in [4.69, 9.17) is 10.3 Å². The molecular weight excluding hydrogens is 178 g/mol. The third-order valence-corrected chi connectivity index (χ3v) is 1.45. The SMILES string of the molecule is COc1noc(CCN)c1[N+](=O)[O-]. The number of hydrogen-bond acceptors (Lipinski definition) is 6. The van der Waals surface area contributed by atoms with E-state index in [2.05, 4.69) is 9.89 Å². The number of methoxy groups -OCH3 is 1. The molecule has 0 saturated carbocycles. The molecule has 0 amide bonds. The van der Waals surface area contributed by atoms with Crippen LogP contribution >= 0.6 is 0 Å². The van der Waals surface area contributed by atoms with E-state index in [-0.39, 0.29) is 30.3 Å². The summed E-state index contributed by atoms with van der Waals surface area (Å²) >= 11 is 0. The van der Waals surface area contributed by atoms with Gasteiger partial charge in [0.05, 0.1) is 12.0 Å². The highest BCUT2D eigenvalue weighted by molar-refractivity contribution is 5.43. The molecule has 0 radical (unpaired) electrons. The van der Waals surface area contributed by atoms with E-state index >= 15 is 0 Å². The largest absolute Gasteiger partial charge is 0.474 e. The molecule has 1 aromatic rings. The smallest absolute Gasteiger partial charge is 0.374 e. The minimum atomic E-state index is -0.597. The van der Waals surface area contributed by atoms with Crippen molar-refractivity contribution in [2.45, 2.75) is 6.42 Å². The lowest BCUT2D eigenvalue weighted by Crippen LogP contribution is -2.03. The number of rotatable bonds is 4. The maximum absolute atomic E-state index is 10.5. The van der Waals surface area contributed by atoms with E-state index in [1.54, 1.807) is 0 Å². The standard InChI is InChI=1S/C6H9N3O4/c1-12-6-5(9(10)11)4(2-3-7)13-8-6/h2-3,7H2,1H3. The summed E-state index contributed by atoms with van der Waals surface area (Å²) in [6, 6.07) is 0. The monoisotopic (exact) mass is 187 g/mol. The maximum atomic E-state index is 10.5. The number of ether oxygens (including phenoxy) is 1. The van der Waals surface area contributed by atoms with Crippen molar-refractivity contribution in [2.75, 3.05) is 13.7 Å². The van der Waals surface area contributed by atoms with Gasteiger partial charge >= 0.3 is 11.6 Å². The molecule has 0 saturated heterocycles. The number of aromatic nitrogens is 1. The summed E-state index contributed by atoms with van der Waals surface area (Å²) in [5.41, 5.74) is 4.99. The zero-order chi connectivity index (χ0) is 9.84. The molecule has 0 unspecified atom stereocenters. The minimum absolute atomic E-state index is 0.117. The lowest BCUT2D eigenvalue weighted by Gasteiger charge is -1.92. The summed E-state index contributed by atoms with van der Waals surface area (Å²) in [6.07, 6.45) is 0.271.